The van der Waals surface area contributed by atoms with Crippen molar-refractivity contribution in [1.82, 2.24) is 20.5 Å². The predicted molar refractivity (Wildman–Crippen MR) is 57.9 cm³/mol. The first kappa shape index (κ1) is 11.8. The van der Waals surface area contributed by atoms with Gasteiger partial charge in [-0.1, -0.05) is 0 Å². The molecule has 1 unspecified atom stereocenters. The molecule has 2 aromatic rings. The van der Waals surface area contributed by atoms with Crippen LogP contribution in [0.3, 0.4) is 0 Å². The third kappa shape index (κ3) is 2.37. The number of hydrogen-bond donors (Lipinski definition) is 3. The Labute approximate surface area is 101 Å². The lowest BCUT2D eigenvalue weighted by atomic mass is 10.2. The number of carboxylic acid groups (broad SMARTS) is 1. The summed E-state index contributed by atoms with van der Waals surface area (Å²) in [5.41, 5.74) is -0.0764. The summed E-state index contributed by atoms with van der Waals surface area (Å²) in [4.78, 5) is 26.2. The molecule has 1 amide bonds. The lowest BCUT2D eigenvalue weighted by Crippen LogP contribution is -2.27. The molecule has 3 N–H and O–H groups in total. The van der Waals surface area contributed by atoms with Gasteiger partial charge < -0.3 is 14.8 Å². The Bertz CT molecular complexity index is 560. The number of carbonyl (C=O) groups is 2. The summed E-state index contributed by atoms with van der Waals surface area (Å²) >= 11 is 0. The van der Waals surface area contributed by atoms with Crippen LogP contribution in [0.2, 0.25) is 0 Å². The van der Waals surface area contributed by atoms with Crippen molar-refractivity contribution in [2.45, 2.75) is 13.0 Å². The van der Waals surface area contributed by atoms with Gasteiger partial charge in [-0.25, -0.2) is 9.78 Å². The summed E-state index contributed by atoms with van der Waals surface area (Å²) in [6, 6.07) is 0.767. The van der Waals surface area contributed by atoms with E-state index < -0.39 is 17.9 Å². The Balaban J connectivity index is 2.05. The number of hydrogen-bond acceptors (Lipinski definition) is 5. The van der Waals surface area contributed by atoms with E-state index in [1.807, 2.05) is 0 Å². The summed E-state index contributed by atoms with van der Waals surface area (Å²) in [6.45, 7) is 1.71. The molecule has 0 aliphatic carbocycles. The zero-order valence-corrected chi connectivity index (χ0v) is 9.38. The molecule has 0 saturated heterocycles. The fourth-order valence-electron chi connectivity index (χ4n) is 1.33. The van der Waals surface area contributed by atoms with Crippen LogP contribution < -0.4 is 5.32 Å². The Morgan fingerprint density at radius 2 is 2.33 bits per heavy atom. The molecule has 0 bridgehead atoms. The molecule has 0 aliphatic heterocycles. The molecule has 0 spiro atoms. The van der Waals surface area contributed by atoms with E-state index >= 15 is 0 Å². The van der Waals surface area contributed by atoms with Crippen molar-refractivity contribution in [2.75, 3.05) is 0 Å². The van der Waals surface area contributed by atoms with Gasteiger partial charge in [0.2, 0.25) is 0 Å². The van der Waals surface area contributed by atoms with Gasteiger partial charge in [0.25, 0.3) is 5.91 Å². The number of furan rings is 1. The number of nitrogens with zero attached hydrogens (tertiary/aromatic N) is 2. The SMILES string of the molecule is CC(NC(=O)c1cc(C(=O)O)co1)c1ncn[nH]1. The van der Waals surface area contributed by atoms with Gasteiger partial charge in [-0.3, -0.25) is 9.89 Å². The molecule has 2 rings (SSSR count). The van der Waals surface area contributed by atoms with E-state index in [2.05, 4.69) is 20.5 Å². The average Bonchev–Trinajstić information content (AvgIpc) is 3.00. The van der Waals surface area contributed by atoms with Gasteiger partial charge in [0.1, 0.15) is 18.4 Å². The number of aromatic amines is 1. The fourth-order valence-corrected chi connectivity index (χ4v) is 1.33. The first-order valence-electron chi connectivity index (χ1n) is 5.06. The topological polar surface area (TPSA) is 121 Å². The van der Waals surface area contributed by atoms with Crippen molar-refractivity contribution in [3.8, 4) is 0 Å². The van der Waals surface area contributed by atoms with E-state index in [0.717, 1.165) is 12.3 Å². The highest BCUT2D eigenvalue weighted by atomic mass is 16.4. The van der Waals surface area contributed by atoms with Gasteiger partial charge in [0.15, 0.2) is 5.76 Å². The molecule has 8 nitrogen and oxygen atoms in total. The first-order valence-corrected chi connectivity index (χ1v) is 5.06. The minimum absolute atomic E-state index is 0.0706. The molecule has 0 aromatic carbocycles. The number of nitrogens with one attached hydrogen (secondary N) is 2. The summed E-state index contributed by atoms with van der Waals surface area (Å²) in [7, 11) is 0. The van der Waals surface area contributed by atoms with Crippen LogP contribution in [0.15, 0.2) is 23.1 Å². The molecule has 0 fully saturated rings. The molecule has 0 radical (unpaired) electrons. The van der Waals surface area contributed by atoms with Gasteiger partial charge in [-0.2, -0.15) is 5.10 Å². The average molecular weight is 250 g/mol. The third-order valence-electron chi connectivity index (χ3n) is 2.26. The van der Waals surface area contributed by atoms with E-state index in [-0.39, 0.29) is 11.3 Å². The standard InChI is InChI=1S/C10H10N4O4/c1-5(8-11-4-12-14-8)13-9(15)7-2-6(3-18-7)10(16)17/h2-5H,1H3,(H,13,15)(H,16,17)(H,11,12,14). The van der Waals surface area contributed by atoms with Crippen LogP contribution in [0.25, 0.3) is 0 Å². The zero-order valence-electron chi connectivity index (χ0n) is 9.38. The summed E-state index contributed by atoms with van der Waals surface area (Å²) in [5.74, 6) is -1.25. The van der Waals surface area contributed by atoms with Crippen molar-refractivity contribution in [1.29, 1.82) is 0 Å². The highest BCUT2D eigenvalue weighted by Gasteiger charge is 2.18. The minimum Gasteiger partial charge on any atom is -0.478 e. The van der Waals surface area contributed by atoms with Crippen molar-refractivity contribution in [3.63, 3.8) is 0 Å². The second kappa shape index (κ2) is 4.70. The van der Waals surface area contributed by atoms with Crippen molar-refractivity contribution < 1.29 is 19.1 Å². The van der Waals surface area contributed by atoms with Crippen LogP contribution >= 0.6 is 0 Å². The maximum atomic E-state index is 11.7. The summed E-state index contributed by atoms with van der Waals surface area (Å²) in [5, 5.41) is 17.6. The lowest BCUT2D eigenvalue weighted by Gasteiger charge is -2.08. The van der Waals surface area contributed by atoms with Gasteiger partial charge in [-0.15, -0.1) is 0 Å². The highest BCUT2D eigenvalue weighted by molar-refractivity contribution is 5.95. The van der Waals surface area contributed by atoms with Crippen LogP contribution in [0.5, 0.6) is 0 Å². The quantitative estimate of drug-likeness (QED) is 0.730. The smallest absolute Gasteiger partial charge is 0.338 e. The molecule has 18 heavy (non-hydrogen) atoms. The maximum Gasteiger partial charge on any atom is 0.338 e. The van der Waals surface area contributed by atoms with Crippen molar-refractivity contribution in [3.05, 3.63) is 35.8 Å². The van der Waals surface area contributed by atoms with Crippen LogP contribution in [-0.2, 0) is 0 Å². The Hall–Kier alpha value is -2.64. The van der Waals surface area contributed by atoms with Gasteiger partial charge in [0, 0.05) is 6.07 Å². The number of aromatic nitrogens is 3. The molecule has 94 valence electrons. The molecule has 2 heterocycles. The first-order chi connectivity index (χ1) is 8.58. The number of aromatic carboxylic acids is 1. The van der Waals surface area contributed by atoms with Gasteiger partial charge in [-0.05, 0) is 6.92 Å². The normalized spacial score (nSPS) is 12.1. The molecular formula is C10H10N4O4. The third-order valence-corrected chi connectivity index (χ3v) is 2.26. The number of H-pyrrole nitrogens is 1. The van der Waals surface area contributed by atoms with Gasteiger partial charge in [0.05, 0.1) is 11.6 Å². The lowest BCUT2D eigenvalue weighted by molar-refractivity contribution is 0.0695. The maximum absolute atomic E-state index is 11.7. The van der Waals surface area contributed by atoms with E-state index in [4.69, 9.17) is 9.52 Å². The monoisotopic (exact) mass is 250 g/mol. The van der Waals surface area contributed by atoms with E-state index in [0.29, 0.717) is 5.82 Å². The number of amides is 1. The number of rotatable bonds is 4. The molecule has 8 heteroatoms. The van der Waals surface area contributed by atoms with Gasteiger partial charge >= 0.3 is 5.97 Å². The van der Waals surface area contributed by atoms with E-state index in [1.54, 1.807) is 6.92 Å². The number of carboxylic acids is 1. The Morgan fingerprint density at radius 1 is 1.56 bits per heavy atom. The zero-order chi connectivity index (χ0) is 13.1. The Morgan fingerprint density at radius 3 is 2.89 bits per heavy atom. The van der Waals surface area contributed by atoms with E-state index in [1.165, 1.54) is 6.33 Å². The van der Waals surface area contributed by atoms with Crippen molar-refractivity contribution in [2.24, 2.45) is 0 Å². The molecule has 1 atom stereocenters. The predicted octanol–water partition coefficient (Wildman–Crippen LogP) is 0.587. The molecule has 0 saturated carbocycles. The molecule has 0 aliphatic rings. The van der Waals surface area contributed by atoms with E-state index in [9.17, 15) is 9.59 Å². The largest absolute Gasteiger partial charge is 0.478 e. The Kier molecular flexibility index (Phi) is 3.09. The van der Waals surface area contributed by atoms with Crippen LogP contribution in [0, 0.1) is 0 Å². The highest BCUT2D eigenvalue weighted by Crippen LogP contribution is 2.10. The summed E-state index contributed by atoms with van der Waals surface area (Å²) in [6.07, 6.45) is 2.34. The van der Waals surface area contributed by atoms with Crippen LogP contribution in [-0.4, -0.2) is 32.2 Å². The minimum atomic E-state index is -1.15. The number of carbonyl (C=O) groups excluding carboxylic acids is 1. The molecule has 2 aromatic heterocycles. The second-order valence-electron chi connectivity index (χ2n) is 3.57. The second-order valence-corrected chi connectivity index (χ2v) is 3.57. The van der Waals surface area contributed by atoms with Crippen LogP contribution in [0.1, 0.15) is 39.7 Å². The van der Waals surface area contributed by atoms with Crippen LogP contribution in [0.4, 0.5) is 0 Å². The van der Waals surface area contributed by atoms with Crippen molar-refractivity contribution >= 4 is 11.9 Å². The summed E-state index contributed by atoms with van der Waals surface area (Å²) < 4.78 is 4.87. The fraction of sp³-hybridized carbons (Fsp3) is 0.200. The molecular weight excluding hydrogens is 240 g/mol.